The summed E-state index contributed by atoms with van der Waals surface area (Å²) in [7, 11) is 1.56. The fourth-order valence-corrected chi connectivity index (χ4v) is 1.86. The standard InChI is InChI=1S/C11H20N2O3/c1-8(11(15)16)13(2)10(14)7-9-3-5-12-6-4-9/h8-9,12H,3-7H2,1-2H3,(H,15,16). The number of amides is 1. The molecule has 5 nitrogen and oxygen atoms in total. The Bertz CT molecular complexity index is 262. The number of carboxylic acid groups (broad SMARTS) is 1. The summed E-state index contributed by atoms with van der Waals surface area (Å²) in [6.07, 6.45) is 2.47. The topological polar surface area (TPSA) is 69.6 Å². The second-order valence-corrected chi connectivity index (χ2v) is 4.42. The Kier molecular flexibility index (Phi) is 4.73. The number of aliphatic carboxylic acids is 1. The van der Waals surface area contributed by atoms with Gasteiger partial charge in [0.15, 0.2) is 0 Å². The Balaban J connectivity index is 2.41. The maximum absolute atomic E-state index is 11.8. The van der Waals surface area contributed by atoms with Crippen LogP contribution in [0.2, 0.25) is 0 Å². The summed E-state index contributed by atoms with van der Waals surface area (Å²) in [6, 6.07) is -0.741. The molecule has 0 bridgehead atoms. The quantitative estimate of drug-likeness (QED) is 0.726. The summed E-state index contributed by atoms with van der Waals surface area (Å²) in [5.74, 6) is -0.625. The first-order valence-corrected chi connectivity index (χ1v) is 5.71. The highest BCUT2D eigenvalue weighted by atomic mass is 16.4. The molecule has 0 radical (unpaired) electrons. The lowest BCUT2D eigenvalue weighted by atomic mass is 9.94. The number of nitrogens with zero attached hydrogens (tertiary/aromatic N) is 1. The lowest BCUT2D eigenvalue weighted by molar-refractivity contribution is -0.148. The van der Waals surface area contributed by atoms with E-state index in [0.717, 1.165) is 25.9 Å². The van der Waals surface area contributed by atoms with Crippen LogP contribution in [0.1, 0.15) is 26.2 Å². The minimum absolute atomic E-state index is 0.0678. The molecule has 16 heavy (non-hydrogen) atoms. The van der Waals surface area contributed by atoms with Crippen LogP contribution in [0.5, 0.6) is 0 Å². The summed E-state index contributed by atoms with van der Waals surface area (Å²) in [5.41, 5.74) is 0. The highest BCUT2D eigenvalue weighted by molar-refractivity contribution is 5.83. The van der Waals surface area contributed by atoms with E-state index in [2.05, 4.69) is 5.32 Å². The van der Waals surface area contributed by atoms with Crippen molar-refractivity contribution >= 4 is 11.9 Å². The van der Waals surface area contributed by atoms with Crippen molar-refractivity contribution in [3.8, 4) is 0 Å². The van der Waals surface area contributed by atoms with Gasteiger partial charge in [0.05, 0.1) is 0 Å². The molecule has 2 N–H and O–H groups in total. The zero-order valence-corrected chi connectivity index (χ0v) is 9.90. The summed E-state index contributed by atoms with van der Waals surface area (Å²) in [5, 5.41) is 12.0. The third-order valence-corrected chi connectivity index (χ3v) is 3.25. The zero-order chi connectivity index (χ0) is 12.1. The van der Waals surface area contributed by atoms with Crippen molar-refractivity contribution < 1.29 is 14.7 Å². The number of carbonyl (C=O) groups excluding carboxylic acids is 1. The van der Waals surface area contributed by atoms with Gasteiger partial charge in [-0.25, -0.2) is 4.79 Å². The van der Waals surface area contributed by atoms with Gasteiger partial charge in [-0.15, -0.1) is 0 Å². The molecule has 92 valence electrons. The van der Waals surface area contributed by atoms with E-state index in [4.69, 9.17) is 5.11 Å². The summed E-state index contributed by atoms with van der Waals surface area (Å²) in [6.45, 7) is 3.44. The van der Waals surface area contributed by atoms with Crippen LogP contribution in [-0.2, 0) is 9.59 Å². The molecule has 0 aromatic heterocycles. The van der Waals surface area contributed by atoms with Crippen molar-refractivity contribution in [2.75, 3.05) is 20.1 Å². The first-order valence-electron chi connectivity index (χ1n) is 5.71. The van der Waals surface area contributed by atoms with Gasteiger partial charge >= 0.3 is 5.97 Å². The Morgan fingerprint density at radius 1 is 1.44 bits per heavy atom. The van der Waals surface area contributed by atoms with E-state index in [0.29, 0.717) is 12.3 Å². The normalized spacial score (nSPS) is 19.1. The maximum atomic E-state index is 11.8. The molecule has 5 heteroatoms. The molecule has 0 saturated carbocycles. The molecule has 0 aliphatic carbocycles. The second kappa shape index (κ2) is 5.84. The number of carbonyl (C=O) groups is 2. The Hall–Kier alpha value is -1.10. The number of rotatable bonds is 4. The first kappa shape index (κ1) is 13.0. The van der Waals surface area contributed by atoms with E-state index in [1.54, 1.807) is 7.05 Å². The molecule has 1 aliphatic heterocycles. The van der Waals surface area contributed by atoms with Gasteiger partial charge in [-0.1, -0.05) is 0 Å². The molecule has 0 aromatic carbocycles. The van der Waals surface area contributed by atoms with Gasteiger partial charge in [-0.3, -0.25) is 4.79 Å². The van der Waals surface area contributed by atoms with Crippen LogP contribution >= 0.6 is 0 Å². The molecule has 1 unspecified atom stereocenters. The van der Waals surface area contributed by atoms with Gasteiger partial charge in [0.1, 0.15) is 6.04 Å². The fraction of sp³-hybridized carbons (Fsp3) is 0.818. The predicted molar refractivity (Wildman–Crippen MR) is 60.1 cm³/mol. The minimum Gasteiger partial charge on any atom is -0.480 e. The van der Waals surface area contributed by atoms with E-state index >= 15 is 0 Å². The third-order valence-electron chi connectivity index (χ3n) is 3.25. The molecule has 1 rings (SSSR count). The Morgan fingerprint density at radius 2 is 2.00 bits per heavy atom. The van der Waals surface area contributed by atoms with E-state index < -0.39 is 12.0 Å². The van der Waals surface area contributed by atoms with E-state index in [1.165, 1.54) is 11.8 Å². The van der Waals surface area contributed by atoms with Crippen molar-refractivity contribution in [3.05, 3.63) is 0 Å². The molecule has 1 amide bonds. The Labute approximate surface area is 95.8 Å². The smallest absolute Gasteiger partial charge is 0.326 e. The van der Waals surface area contributed by atoms with Crippen LogP contribution in [0.4, 0.5) is 0 Å². The molecular formula is C11H20N2O3. The second-order valence-electron chi connectivity index (χ2n) is 4.42. The molecule has 0 spiro atoms. The van der Waals surface area contributed by atoms with Gasteiger partial charge in [0, 0.05) is 13.5 Å². The number of hydrogen-bond acceptors (Lipinski definition) is 3. The first-order chi connectivity index (χ1) is 7.52. The number of piperidine rings is 1. The molecule has 1 saturated heterocycles. The van der Waals surface area contributed by atoms with E-state index in [1.807, 2.05) is 0 Å². The fourth-order valence-electron chi connectivity index (χ4n) is 1.86. The molecule has 1 atom stereocenters. The lowest BCUT2D eigenvalue weighted by Crippen LogP contribution is -2.41. The van der Waals surface area contributed by atoms with Crippen molar-refractivity contribution in [3.63, 3.8) is 0 Å². The van der Waals surface area contributed by atoms with Crippen LogP contribution in [0, 0.1) is 5.92 Å². The predicted octanol–water partition coefficient (Wildman–Crippen LogP) is 0.308. The summed E-state index contributed by atoms with van der Waals surface area (Å²) < 4.78 is 0. The van der Waals surface area contributed by atoms with Crippen molar-refractivity contribution in [1.29, 1.82) is 0 Å². The van der Waals surface area contributed by atoms with Crippen LogP contribution in [0.3, 0.4) is 0 Å². The van der Waals surface area contributed by atoms with E-state index in [-0.39, 0.29) is 5.91 Å². The van der Waals surface area contributed by atoms with Crippen LogP contribution < -0.4 is 5.32 Å². The highest BCUT2D eigenvalue weighted by Gasteiger charge is 2.24. The Morgan fingerprint density at radius 3 is 2.50 bits per heavy atom. The van der Waals surface area contributed by atoms with Gasteiger partial charge < -0.3 is 15.3 Å². The van der Waals surface area contributed by atoms with Gasteiger partial charge in [0.25, 0.3) is 0 Å². The average molecular weight is 228 g/mol. The van der Waals surface area contributed by atoms with Crippen LogP contribution in [0.25, 0.3) is 0 Å². The largest absolute Gasteiger partial charge is 0.480 e. The SMILES string of the molecule is CC(C(=O)O)N(C)C(=O)CC1CCNCC1. The van der Waals surface area contributed by atoms with Gasteiger partial charge in [-0.05, 0) is 38.8 Å². The van der Waals surface area contributed by atoms with Gasteiger partial charge in [-0.2, -0.15) is 0 Å². The molecule has 0 aromatic rings. The lowest BCUT2D eigenvalue weighted by Gasteiger charge is -2.26. The minimum atomic E-state index is -0.957. The van der Waals surface area contributed by atoms with Crippen molar-refractivity contribution in [2.45, 2.75) is 32.2 Å². The van der Waals surface area contributed by atoms with Crippen molar-refractivity contribution in [2.24, 2.45) is 5.92 Å². The van der Waals surface area contributed by atoms with E-state index in [9.17, 15) is 9.59 Å². The number of likely N-dealkylation sites (N-methyl/N-ethyl adjacent to an activating group) is 1. The zero-order valence-electron chi connectivity index (χ0n) is 9.90. The van der Waals surface area contributed by atoms with Gasteiger partial charge in [0.2, 0.25) is 5.91 Å². The molecular weight excluding hydrogens is 208 g/mol. The monoisotopic (exact) mass is 228 g/mol. The van der Waals surface area contributed by atoms with Crippen molar-refractivity contribution in [1.82, 2.24) is 10.2 Å². The number of nitrogens with one attached hydrogen (secondary N) is 1. The summed E-state index contributed by atoms with van der Waals surface area (Å²) in [4.78, 5) is 23.9. The third kappa shape index (κ3) is 3.48. The number of hydrogen-bond donors (Lipinski definition) is 2. The highest BCUT2D eigenvalue weighted by Crippen LogP contribution is 2.17. The summed E-state index contributed by atoms with van der Waals surface area (Å²) >= 11 is 0. The van der Waals surface area contributed by atoms with Crippen LogP contribution in [-0.4, -0.2) is 48.1 Å². The number of carboxylic acids is 1. The molecule has 1 fully saturated rings. The average Bonchev–Trinajstić information content (AvgIpc) is 2.28. The molecule has 1 heterocycles. The molecule has 1 aliphatic rings. The van der Waals surface area contributed by atoms with Crippen LogP contribution in [0.15, 0.2) is 0 Å². The maximum Gasteiger partial charge on any atom is 0.326 e.